The summed E-state index contributed by atoms with van der Waals surface area (Å²) in [5, 5.41) is 9.26. The third-order valence-corrected chi connectivity index (χ3v) is 5.47. The van der Waals surface area contributed by atoms with Crippen molar-refractivity contribution in [2.45, 2.75) is 19.8 Å². The third kappa shape index (κ3) is 4.19. The lowest BCUT2D eigenvalue weighted by Gasteiger charge is -2.34. The monoisotopic (exact) mass is 375 g/mol. The van der Waals surface area contributed by atoms with E-state index in [-0.39, 0.29) is 30.6 Å². The minimum Gasteiger partial charge on any atom is -0.481 e. The number of aliphatic carboxylic acids is 1. The number of rotatable bonds is 5. The summed E-state index contributed by atoms with van der Waals surface area (Å²) in [5.41, 5.74) is 0.821. The minimum atomic E-state index is -0.892. The number of carbonyl (C=O) groups excluding carboxylic acids is 2. The van der Waals surface area contributed by atoms with Crippen molar-refractivity contribution in [3.63, 3.8) is 0 Å². The summed E-state index contributed by atoms with van der Waals surface area (Å²) in [5.74, 6) is -1.23. The Morgan fingerprint density at radius 2 is 1.77 bits per heavy atom. The molecule has 1 aromatic heterocycles. The molecule has 1 aliphatic rings. The minimum absolute atomic E-state index is 0.0121. The first-order valence-corrected chi connectivity index (χ1v) is 9.40. The van der Waals surface area contributed by atoms with Gasteiger partial charge in [-0.15, -0.1) is 11.3 Å². The lowest BCUT2D eigenvalue weighted by molar-refractivity contribution is -0.138. The number of nitrogens with zero attached hydrogens (tertiary/aromatic N) is 3. The van der Waals surface area contributed by atoms with Crippen molar-refractivity contribution in [3.8, 4) is 0 Å². The van der Waals surface area contributed by atoms with E-state index in [1.54, 1.807) is 16.7 Å². The van der Waals surface area contributed by atoms with Crippen LogP contribution in [0.25, 0.3) is 10.2 Å². The summed E-state index contributed by atoms with van der Waals surface area (Å²) in [6.07, 6.45) is 0.208. The van der Waals surface area contributed by atoms with Gasteiger partial charge in [0.15, 0.2) is 5.01 Å². The maximum atomic E-state index is 12.7. The van der Waals surface area contributed by atoms with E-state index >= 15 is 0 Å². The zero-order valence-corrected chi connectivity index (χ0v) is 15.4. The van der Waals surface area contributed by atoms with Crippen molar-refractivity contribution in [1.82, 2.24) is 14.8 Å². The van der Waals surface area contributed by atoms with Gasteiger partial charge in [-0.05, 0) is 18.1 Å². The highest BCUT2D eigenvalue weighted by Crippen LogP contribution is 2.23. The van der Waals surface area contributed by atoms with Crippen molar-refractivity contribution >= 4 is 39.3 Å². The van der Waals surface area contributed by atoms with E-state index in [4.69, 9.17) is 5.11 Å². The Kier molecular flexibility index (Phi) is 5.51. The number of fused-ring (bicyclic) bond motifs is 1. The zero-order chi connectivity index (χ0) is 18.7. The lowest BCUT2D eigenvalue weighted by Crippen LogP contribution is -2.50. The molecule has 1 atom stereocenters. The van der Waals surface area contributed by atoms with Crippen LogP contribution in [-0.4, -0.2) is 63.9 Å². The van der Waals surface area contributed by atoms with Crippen LogP contribution < -0.4 is 0 Å². The van der Waals surface area contributed by atoms with Crippen molar-refractivity contribution in [1.29, 1.82) is 0 Å². The van der Waals surface area contributed by atoms with Gasteiger partial charge >= 0.3 is 5.97 Å². The summed E-state index contributed by atoms with van der Waals surface area (Å²) in [4.78, 5) is 43.5. The maximum Gasteiger partial charge on any atom is 0.303 e. The number of para-hydroxylation sites is 1. The molecule has 1 aromatic carbocycles. The molecule has 2 heterocycles. The van der Waals surface area contributed by atoms with Crippen LogP contribution in [0.15, 0.2) is 24.3 Å². The number of thiazole rings is 1. The molecule has 26 heavy (non-hydrogen) atoms. The fourth-order valence-electron chi connectivity index (χ4n) is 3.06. The highest BCUT2D eigenvalue weighted by molar-refractivity contribution is 7.20. The molecule has 0 radical (unpaired) electrons. The quantitative estimate of drug-likeness (QED) is 0.864. The Morgan fingerprint density at radius 3 is 2.42 bits per heavy atom. The first kappa shape index (κ1) is 18.3. The van der Waals surface area contributed by atoms with Gasteiger partial charge in [0.2, 0.25) is 5.91 Å². The molecule has 0 saturated carbocycles. The molecule has 8 heteroatoms. The molecule has 1 saturated heterocycles. The molecule has 0 unspecified atom stereocenters. The van der Waals surface area contributed by atoms with E-state index in [9.17, 15) is 14.4 Å². The summed E-state index contributed by atoms with van der Waals surface area (Å²) in [7, 11) is 0. The molecule has 1 N–H and O–H groups in total. The second-order valence-electron chi connectivity index (χ2n) is 6.57. The van der Waals surface area contributed by atoms with E-state index in [1.807, 2.05) is 24.3 Å². The average Bonchev–Trinajstić information content (AvgIpc) is 3.04. The lowest BCUT2D eigenvalue weighted by atomic mass is 10.0. The largest absolute Gasteiger partial charge is 0.481 e. The number of carboxylic acid groups (broad SMARTS) is 1. The van der Waals surface area contributed by atoms with Gasteiger partial charge in [-0.2, -0.15) is 0 Å². The predicted octanol–water partition coefficient (Wildman–Crippen LogP) is 2.08. The number of hydrogen-bond acceptors (Lipinski definition) is 5. The highest BCUT2D eigenvalue weighted by Gasteiger charge is 2.27. The summed E-state index contributed by atoms with van der Waals surface area (Å²) >= 11 is 1.38. The number of hydrogen-bond donors (Lipinski definition) is 1. The predicted molar refractivity (Wildman–Crippen MR) is 98.1 cm³/mol. The molecule has 2 aromatic rings. The number of piperazine rings is 1. The Balaban J connectivity index is 1.55. The van der Waals surface area contributed by atoms with Gasteiger partial charge in [-0.1, -0.05) is 19.1 Å². The van der Waals surface area contributed by atoms with E-state index < -0.39 is 5.97 Å². The fraction of sp³-hybridized carbons (Fsp3) is 0.444. The number of amides is 2. The van der Waals surface area contributed by atoms with E-state index in [0.29, 0.717) is 31.2 Å². The van der Waals surface area contributed by atoms with Crippen molar-refractivity contribution in [2.75, 3.05) is 26.2 Å². The molecular weight excluding hydrogens is 354 g/mol. The first-order valence-electron chi connectivity index (χ1n) is 8.58. The van der Waals surface area contributed by atoms with E-state index in [1.165, 1.54) is 11.3 Å². The van der Waals surface area contributed by atoms with Gasteiger partial charge in [0.25, 0.3) is 5.91 Å². The standard InChI is InChI=1S/C18H21N3O4S/c1-12(11-16(23)24)10-15(22)20-6-8-21(9-7-20)18(25)17-19-13-4-2-3-5-14(13)26-17/h2-5,12H,6-11H2,1H3,(H,23,24)/t12-/m1/s1. The number of benzene rings is 1. The van der Waals surface area contributed by atoms with Gasteiger partial charge in [0.1, 0.15) is 0 Å². The fourth-order valence-corrected chi connectivity index (χ4v) is 3.99. The Labute approximate surface area is 155 Å². The summed E-state index contributed by atoms with van der Waals surface area (Å²) in [6, 6.07) is 7.65. The summed E-state index contributed by atoms with van der Waals surface area (Å²) in [6.45, 7) is 3.63. The SMILES string of the molecule is C[C@@H](CC(=O)O)CC(=O)N1CCN(C(=O)c2nc3ccccc3s2)CC1. The van der Waals surface area contributed by atoms with E-state index in [2.05, 4.69) is 4.98 Å². The van der Waals surface area contributed by atoms with Crippen LogP contribution in [0.1, 0.15) is 29.6 Å². The molecule has 7 nitrogen and oxygen atoms in total. The average molecular weight is 375 g/mol. The van der Waals surface area contributed by atoms with E-state index in [0.717, 1.165) is 10.2 Å². The molecule has 0 aliphatic carbocycles. The van der Waals surface area contributed by atoms with Crippen LogP contribution in [0.4, 0.5) is 0 Å². The van der Waals surface area contributed by atoms with Crippen LogP contribution in [0, 0.1) is 5.92 Å². The molecule has 3 rings (SSSR count). The normalized spacial score (nSPS) is 15.9. The number of aromatic nitrogens is 1. The van der Waals surface area contributed by atoms with Gasteiger partial charge < -0.3 is 14.9 Å². The molecular formula is C18H21N3O4S. The Hall–Kier alpha value is -2.48. The number of carboxylic acids is 1. The Morgan fingerprint density at radius 1 is 1.12 bits per heavy atom. The molecule has 1 aliphatic heterocycles. The highest BCUT2D eigenvalue weighted by atomic mass is 32.1. The van der Waals surface area contributed by atoms with Crippen molar-refractivity contribution in [3.05, 3.63) is 29.3 Å². The van der Waals surface area contributed by atoms with Gasteiger partial charge in [-0.3, -0.25) is 14.4 Å². The van der Waals surface area contributed by atoms with Gasteiger partial charge in [-0.25, -0.2) is 4.98 Å². The first-order chi connectivity index (χ1) is 12.4. The van der Waals surface area contributed by atoms with Crippen molar-refractivity contribution in [2.24, 2.45) is 5.92 Å². The van der Waals surface area contributed by atoms with Crippen LogP contribution in [0.5, 0.6) is 0 Å². The van der Waals surface area contributed by atoms with Crippen LogP contribution in [0.3, 0.4) is 0 Å². The molecule has 1 fully saturated rings. The Bertz CT molecular complexity index is 794. The third-order valence-electron chi connectivity index (χ3n) is 4.44. The second kappa shape index (κ2) is 7.82. The maximum absolute atomic E-state index is 12.7. The molecule has 0 spiro atoms. The number of carbonyl (C=O) groups is 3. The van der Waals surface area contributed by atoms with Crippen molar-refractivity contribution < 1.29 is 19.5 Å². The summed E-state index contributed by atoms with van der Waals surface area (Å²) < 4.78 is 0.983. The molecule has 0 bridgehead atoms. The molecule has 2 amide bonds. The smallest absolute Gasteiger partial charge is 0.303 e. The van der Waals surface area contributed by atoms with Crippen LogP contribution >= 0.6 is 11.3 Å². The second-order valence-corrected chi connectivity index (χ2v) is 7.60. The zero-order valence-electron chi connectivity index (χ0n) is 14.6. The molecule has 138 valence electrons. The van der Waals surface area contributed by atoms with Gasteiger partial charge in [0, 0.05) is 39.0 Å². The topological polar surface area (TPSA) is 90.8 Å². The van der Waals surface area contributed by atoms with Crippen LogP contribution in [-0.2, 0) is 9.59 Å². The van der Waals surface area contributed by atoms with Gasteiger partial charge in [0.05, 0.1) is 10.2 Å². The van der Waals surface area contributed by atoms with Crippen LogP contribution in [0.2, 0.25) is 0 Å².